The van der Waals surface area contributed by atoms with Crippen LogP contribution in [-0.2, 0) is 0 Å². The van der Waals surface area contributed by atoms with Crippen LogP contribution in [0.2, 0.25) is 0 Å². The molecule has 0 saturated heterocycles. The van der Waals surface area contributed by atoms with Crippen molar-refractivity contribution in [3.05, 3.63) is 46.6 Å². The lowest BCUT2D eigenvalue weighted by atomic mass is 10.3. The van der Waals surface area contributed by atoms with Gasteiger partial charge >= 0.3 is 0 Å². The summed E-state index contributed by atoms with van der Waals surface area (Å²) in [7, 11) is 1.97. The molecule has 116 valence electrons. The van der Waals surface area contributed by atoms with Crippen molar-refractivity contribution in [3.63, 3.8) is 0 Å². The number of carbonyl (C=O) groups excluding carboxylic acids is 1. The van der Waals surface area contributed by atoms with E-state index < -0.39 is 0 Å². The molecule has 2 rings (SSSR count). The number of amides is 1. The summed E-state index contributed by atoms with van der Waals surface area (Å²) >= 11 is 3.37. The number of hydrogen-bond acceptors (Lipinski definition) is 4. The predicted octanol–water partition coefficient (Wildman–Crippen LogP) is 3.73. The van der Waals surface area contributed by atoms with Gasteiger partial charge in [-0.2, -0.15) is 0 Å². The zero-order valence-corrected chi connectivity index (χ0v) is 14.3. The Morgan fingerprint density at radius 3 is 2.73 bits per heavy atom. The first-order chi connectivity index (χ1) is 10.6. The van der Waals surface area contributed by atoms with Crippen LogP contribution < -0.4 is 10.2 Å². The predicted molar refractivity (Wildman–Crippen MR) is 92.3 cm³/mol. The molecule has 0 aliphatic carbocycles. The first kappa shape index (κ1) is 16.4. The lowest BCUT2D eigenvalue weighted by Gasteiger charge is -2.16. The van der Waals surface area contributed by atoms with Crippen LogP contribution in [0.4, 0.5) is 11.5 Å². The lowest BCUT2D eigenvalue weighted by Crippen LogP contribution is -2.21. The van der Waals surface area contributed by atoms with E-state index in [-0.39, 0.29) is 5.91 Å². The van der Waals surface area contributed by atoms with Crippen LogP contribution >= 0.6 is 15.9 Å². The Labute approximate surface area is 138 Å². The van der Waals surface area contributed by atoms with E-state index in [0.29, 0.717) is 11.4 Å². The highest BCUT2D eigenvalue weighted by atomic mass is 79.9. The number of benzene rings is 1. The first-order valence-electron chi connectivity index (χ1n) is 7.22. The number of nitrogens with one attached hydrogen (secondary N) is 1. The summed E-state index contributed by atoms with van der Waals surface area (Å²) in [5.41, 5.74) is 1.01. The van der Waals surface area contributed by atoms with E-state index in [2.05, 4.69) is 38.4 Å². The lowest BCUT2D eigenvalue weighted by molar-refractivity contribution is 0.102. The maximum atomic E-state index is 12.1. The normalized spacial score (nSPS) is 10.3. The second-order valence-corrected chi connectivity index (χ2v) is 5.93. The van der Waals surface area contributed by atoms with Crippen molar-refractivity contribution in [1.82, 2.24) is 10.2 Å². The van der Waals surface area contributed by atoms with Crippen molar-refractivity contribution in [2.24, 2.45) is 0 Å². The number of hydrogen-bond donors (Lipinski definition) is 1. The molecule has 0 spiro atoms. The summed E-state index contributed by atoms with van der Waals surface area (Å²) in [5.74, 6) is 0.501. The van der Waals surface area contributed by atoms with E-state index in [0.717, 1.165) is 29.7 Å². The molecule has 5 nitrogen and oxygen atoms in total. The van der Waals surface area contributed by atoms with Gasteiger partial charge in [0.1, 0.15) is 0 Å². The molecule has 1 heterocycles. The van der Waals surface area contributed by atoms with Crippen LogP contribution in [-0.4, -0.2) is 29.7 Å². The van der Waals surface area contributed by atoms with Crippen LogP contribution in [0, 0.1) is 0 Å². The van der Waals surface area contributed by atoms with Crippen molar-refractivity contribution >= 4 is 33.3 Å². The Balaban J connectivity index is 2.02. The van der Waals surface area contributed by atoms with Crippen molar-refractivity contribution in [2.75, 3.05) is 23.8 Å². The van der Waals surface area contributed by atoms with Crippen molar-refractivity contribution < 1.29 is 4.79 Å². The number of carbonyl (C=O) groups is 1. The van der Waals surface area contributed by atoms with Gasteiger partial charge in [0.15, 0.2) is 11.5 Å². The maximum Gasteiger partial charge on any atom is 0.276 e. The second-order valence-electron chi connectivity index (χ2n) is 5.02. The number of aromatic nitrogens is 2. The SMILES string of the molecule is CCCCN(C)c1ccc(C(=O)Nc2cccc(Br)c2)nn1. The first-order valence-corrected chi connectivity index (χ1v) is 8.01. The summed E-state index contributed by atoms with van der Waals surface area (Å²) in [6.45, 7) is 3.07. The minimum Gasteiger partial charge on any atom is -0.358 e. The van der Waals surface area contributed by atoms with Gasteiger partial charge in [0, 0.05) is 23.8 Å². The van der Waals surface area contributed by atoms with Crippen LogP contribution in [0.15, 0.2) is 40.9 Å². The maximum absolute atomic E-state index is 12.1. The third kappa shape index (κ3) is 4.53. The highest BCUT2D eigenvalue weighted by Gasteiger charge is 2.10. The van der Waals surface area contributed by atoms with Gasteiger partial charge in [-0.15, -0.1) is 10.2 Å². The van der Waals surface area contributed by atoms with Gasteiger partial charge in [-0.1, -0.05) is 35.3 Å². The van der Waals surface area contributed by atoms with Crippen LogP contribution in [0.3, 0.4) is 0 Å². The third-order valence-corrected chi connectivity index (χ3v) is 3.70. The largest absolute Gasteiger partial charge is 0.358 e. The summed E-state index contributed by atoms with van der Waals surface area (Å²) in [6.07, 6.45) is 2.23. The molecule has 2 aromatic rings. The van der Waals surface area contributed by atoms with E-state index in [1.54, 1.807) is 6.07 Å². The molecule has 1 amide bonds. The van der Waals surface area contributed by atoms with Crippen LogP contribution in [0.1, 0.15) is 30.3 Å². The van der Waals surface area contributed by atoms with Crippen molar-refractivity contribution in [1.29, 1.82) is 0 Å². The van der Waals surface area contributed by atoms with E-state index >= 15 is 0 Å². The smallest absolute Gasteiger partial charge is 0.276 e. The summed E-state index contributed by atoms with van der Waals surface area (Å²) in [6, 6.07) is 10.9. The molecule has 0 radical (unpaired) electrons. The fourth-order valence-corrected chi connectivity index (χ4v) is 2.32. The average Bonchev–Trinajstić information content (AvgIpc) is 2.52. The Morgan fingerprint density at radius 1 is 1.27 bits per heavy atom. The highest BCUT2D eigenvalue weighted by molar-refractivity contribution is 9.10. The van der Waals surface area contributed by atoms with E-state index in [1.165, 1.54) is 0 Å². The molecule has 22 heavy (non-hydrogen) atoms. The number of nitrogens with zero attached hydrogens (tertiary/aromatic N) is 3. The molecule has 0 bridgehead atoms. The Morgan fingerprint density at radius 2 is 2.09 bits per heavy atom. The van der Waals surface area contributed by atoms with Gasteiger partial charge in [-0.05, 0) is 36.8 Å². The molecule has 1 aromatic heterocycles. The summed E-state index contributed by atoms with van der Waals surface area (Å²) < 4.78 is 0.907. The monoisotopic (exact) mass is 362 g/mol. The molecular formula is C16H19BrN4O. The molecule has 6 heteroatoms. The summed E-state index contributed by atoms with van der Waals surface area (Å²) in [5, 5.41) is 10.9. The minimum absolute atomic E-state index is 0.270. The molecule has 1 N–H and O–H groups in total. The fraction of sp³-hybridized carbons (Fsp3) is 0.312. The molecule has 0 aliphatic heterocycles. The number of rotatable bonds is 6. The standard InChI is InChI=1S/C16H19BrN4O/c1-3-4-10-21(2)15-9-8-14(19-20-15)16(22)18-13-7-5-6-12(17)11-13/h5-9,11H,3-4,10H2,1-2H3,(H,18,22). The highest BCUT2D eigenvalue weighted by Crippen LogP contribution is 2.16. The van der Waals surface area contributed by atoms with Gasteiger partial charge in [0.2, 0.25) is 0 Å². The van der Waals surface area contributed by atoms with Crippen molar-refractivity contribution in [2.45, 2.75) is 19.8 Å². The van der Waals surface area contributed by atoms with Gasteiger partial charge in [0.25, 0.3) is 5.91 Å². The Bertz CT molecular complexity index is 630. The van der Waals surface area contributed by atoms with Crippen LogP contribution in [0.25, 0.3) is 0 Å². The van der Waals surface area contributed by atoms with E-state index in [4.69, 9.17) is 0 Å². The fourth-order valence-electron chi connectivity index (χ4n) is 1.92. The molecular weight excluding hydrogens is 344 g/mol. The summed E-state index contributed by atoms with van der Waals surface area (Å²) in [4.78, 5) is 14.2. The topological polar surface area (TPSA) is 58.1 Å². The Hall–Kier alpha value is -1.95. The van der Waals surface area contributed by atoms with Gasteiger partial charge in [0.05, 0.1) is 0 Å². The van der Waals surface area contributed by atoms with Crippen LogP contribution in [0.5, 0.6) is 0 Å². The van der Waals surface area contributed by atoms with Gasteiger partial charge < -0.3 is 10.2 Å². The molecule has 0 fully saturated rings. The molecule has 0 atom stereocenters. The zero-order valence-electron chi connectivity index (χ0n) is 12.7. The Kier molecular flexibility index (Phi) is 5.89. The number of halogens is 1. The second kappa shape index (κ2) is 7.89. The van der Waals surface area contributed by atoms with E-state index in [9.17, 15) is 4.79 Å². The number of unbranched alkanes of at least 4 members (excludes halogenated alkanes) is 1. The van der Waals surface area contributed by atoms with E-state index in [1.807, 2.05) is 42.3 Å². The third-order valence-electron chi connectivity index (χ3n) is 3.20. The average molecular weight is 363 g/mol. The quantitative estimate of drug-likeness (QED) is 0.850. The minimum atomic E-state index is -0.270. The zero-order chi connectivity index (χ0) is 15.9. The van der Waals surface area contributed by atoms with Crippen molar-refractivity contribution in [3.8, 4) is 0 Å². The van der Waals surface area contributed by atoms with Gasteiger partial charge in [-0.3, -0.25) is 4.79 Å². The molecule has 1 aromatic carbocycles. The van der Waals surface area contributed by atoms with Gasteiger partial charge in [-0.25, -0.2) is 0 Å². The molecule has 0 aliphatic rings. The molecule has 0 unspecified atom stereocenters. The number of anilines is 2. The molecule has 0 saturated carbocycles.